The maximum Gasteiger partial charge on any atom is 0.328 e. The smallest absolute Gasteiger partial charge is 0.328 e. The fourth-order valence-electron chi connectivity index (χ4n) is 1.62. The normalized spacial score (nSPS) is 11.0. The van der Waals surface area contributed by atoms with Gasteiger partial charge in [-0.25, -0.2) is 4.79 Å². The largest absolute Gasteiger partial charge is 0.484 e. The second kappa shape index (κ2) is 6.41. The van der Waals surface area contributed by atoms with Gasteiger partial charge in [0.25, 0.3) is 0 Å². The minimum atomic E-state index is -1.01. The number of hydrogen-bond donors (Lipinski definition) is 1. The Balaban J connectivity index is 2.07. The van der Waals surface area contributed by atoms with E-state index in [1.807, 2.05) is 18.5 Å². The number of nitrogens with zero attached hydrogens (tertiary/aromatic N) is 3. The van der Waals surface area contributed by atoms with Crippen molar-refractivity contribution < 1.29 is 14.6 Å². The van der Waals surface area contributed by atoms with Crippen molar-refractivity contribution in [2.24, 2.45) is 7.05 Å². The first-order valence-corrected chi connectivity index (χ1v) is 6.53. The molecule has 21 heavy (non-hydrogen) atoms. The molecule has 0 fully saturated rings. The van der Waals surface area contributed by atoms with Crippen LogP contribution >= 0.6 is 11.6 Å². The first-order chi connectivity index (χ1) is 9.97. The van der Waals surface area contributed by atoms with E-state index in [1.165, 1.54) is 6.08 Å². The van der Waals surface area contributed by atoms with Crippen LogP contribution in [0.25, 0.3) is 6.08 Å². The average molecular weight is 308 g/mol. The summed E-state index contributed by atoms with van der Waals surface area (Å²) < 4.78 is 7.43. The number of benzene rings is 1. The van der Waals surface area contributed by atoms with Crippen molar-refractivity contribution in [1.82, 2.24) is 14.8 Å². The first kappa shape index (κ1) is 15.1. The summed E-state index contributed by atoms with van der Waals surface area (Å²) in [7, 11) is 1.86. The van der Waals surface area contributed by atoms with Crippen LogP contribution in [-0.4, -0.2) is 25.8 Å². The van der Waals surface area contributed by atoms with Crippen LogP contribution in [0.15, 0.2) is 24.3 Å². The highest BCUT2D eigenvalue weighted by atomic mass is 35.5. The molecular weight excluding hydrogens is 294 g/mol. The summed E-state index contributed by atoms with van der Waals surface area (Å²) in [5.41, 5.74) is 0.684. The van der Waals surface area contributed by atoms with E-state index < -0.39 is 5.97 Å². The third-order valence-electron chi connectivity index (χ3n) is 2.91. The predicted molar refractivity (Wildman–Crippen MR) is 78.2 cm³/mol. The summed E-state index contributed by atoms with van der Waals surface area (Å²) in [5.74, 6) is 0.987. The van der Waals surface area contributed by atoms with Crippen molar-refractivity contribution >= 4 is 23.6 Å². The summed E-state index contributed by atoms with van der Waals surface area (Å²) in [6.07, 6.45) is 2.51. The van der Waals surface area contributed by atoms with Crippen LogP contribution in [0.2, 0.25) is 5.02 Å². The lowest BCUT2D eigenvalue weighted by atomic mass is 10.2. The monoisotopic (exact) mass is 307 g/mol. The number of halogens is 1. The summed E-state index contributed by atoms with van der Waals surface area (Å²) in [6.45, 7) is 2.11. The van der Waals surface area contributed by atoms with Gasteiger partial charge in [-0.05, 0) is 30.7 Å². The molecule has 0 unspecified atom stereocenters. The van der Waals surface area contributed by atoms with E-state index >= 15 is 0 Å². The van der Waals surface area contributed by atoms with Gasteiger partial charge >= 0.3 is 5.97 Å². The third-order valence-corrected chi connectivity index (χ3v) is 3.21. The van der Waals surface area contributed by atoms with Gasteiger partial charge in [-0.15, -0.1) is 10.2 Å². The molecule has 7 heteroatoms. The molecule has 110 valence electrons. The van der Waals surface area contributed by atoms with Gasteiger partial charge in [-0.3, -0.25) is 0 Å². The van der Waals surface area contributed by atoms with Gasteiger partial charge in [-0.1, -0.05) is 17.7 Å². The fourth-order valence-corrected chi connectivity index (χ4v) is 1.87. The van der Waals surface area contributed by atoms with Gasteiger partial charge < -0.3 is 14.4 Å². The van der Waals surface area contributed by atoms with Crippen LogP contribution in [0.1, 0.15) is 17.2 Å². The van der Waals surface area contributed by atoms with Crippen LogP contribution in [0, 0.1) is 6.92 Å². The molecule has 2 aromatic rings. The molecular formula is C14H14ClN3O3. The molecule has 0 amide bonds. The van der Waals surface area contributed by atoms with Crippen molar-refractivity contribution in [3.63, 3.8) is 0 Å². The first-order valence-electron chi connectivity index (χ1n) is 6.15. The Hall–Kier alpha value is -2.34. The van der Waals surface area contributed by atoms with Crippen molar-refractivity contribution in [1.29, 1.82) is 0 Å². The van der Waals surface area contributed by atoms with Crippen LogP contribution in [0.4, 0.5) is 0 Å². The highest BCUT2D eigenvalue weighted by molar-refractivity contribution is 6.32. The number of carboxylic acid groups (broad SMARTS) is 1. The van der Waals surface area contributed by atoms with Gasteiger partial charge in [0.05, 0.1) is 5.02 Å². The second-order valence-electron chi connectivity index (χ2n) is 4.37. The molecule has 0 saturated carbocycles. The van der Waals surface area contributed by atoms with Gasteiger partial charge in [0.1, 0.15) is 18.2 Å². The lowest BCUT2D eigenvalue weighted by Gasteiger charge is -2.08. The number of rotatable bonds is 5. The Labute approximate surface area is 126 Å². The van der Waals surface area contributed by atoms with Crippen molar-refractivity contribution in [3.05, 3.63) is 46.5 Å². The fraction of sp³-hybridized carbons (Fsp3) is 0.214. The number of carbonyl (C=O) groups is 1. The Morgan fingerprint density at radius 3 is 2.81 bits per heavy atom. The molecule has 0 radical (unpaired) electrons. The highest BCUT2D eigenvalue weighted by Crippen LogP contribution is 2.26. The Kier molecular flexibility index (Phi) is 4.59. The quantitative estimate of drug-likeness (QED) is 0.859. The highest BCUT2D eigenvalue weighted by Gasteiger charge is 2.08. The second-order valence-corrected chi connectivity index (χ2v) is 4.78. The van der Waals surface area contributed by atoms with Crippen LogP contribution in [0.5, 0.6) is 5.75 Å². The number of aryl methyl sites for hydroxylation is 1. The summed E-state index contributed by atoms with van der Waals surface area (Å²) in [5, 5.41) is 16.9. The Bertz CT molecular complexity index is 695. The zero-order chi connectivity index (χ0) is 15.4. The van der Waals surface area contributed by atoms with Gasteiger partial charge in [0.2, 0.25) is 0 Å². The molecule has 6 nitrogen and oxygen atoms in total. The SMILES string of the molecule is Cc1nnc(COc2ccc(C=CC(=O)O)cc2Cl)n1C. The number of ether oxygens (including phenoxy) is 1. The average Bonchev–Trinajstić information content (AvgIpc) is 2.75. The summed E-state index contributed by atoms with van der Waals surface area (Å²) in [4.78, 5) is 10.5. The van der Waals surface area contributed by atoms with Crippen molar-refractivity contribution in [3.8, 4) is 5.75 Å². The van der Waals surface area contributed by atoms with E-state index in [2.05, 4.69) is 10.2 Å². The minimum Gasteiger partial charge on any atom is -0.484 e. The molecule has 0 bridgehead atoms. The van der Waals surface area contributed by atoms with E-state index in [4.69, 9.17) is 21.4 Å². The van der Waals surface area contributed by atoms with E-state index in [0.717, 1.165) is 11.9 Å². The van der Waals surface area contributed by atoms with Gasteiger partial charge in [0, 0.05) is 13.1 Å². The maximum absolute atomic E-state index is 10.5. The Morgan fingerprint density at radius 1 is 1.48 bits per heavy atom. The number of hydrogen-bond acceptors (Lipinski definition) is 4. The van der Waals surface area contributed by atoms with E-state index in [0.29, 0.717) is 22.2 Å². The predicted octanol–water partition coefficient (Wildman–Crippen LogP) is 2.45. The lowest BCUT2D eigenvalue weighted by molar-refractivity contribution is -0.131. The van der Waals surface area contributed by atoms with E-state index in [-0.39, 0.29) is 6.61 Å². The van der Waals surface area contributed by atoms with Crippen LogP contribution < -0.4 is 4.74 Å². The zero-order valence-electron chi connectivity index (χ0n) is 11.6. The number of aliphatic carboxylic acids is 1. The molecule has 1 N–H and O–H groups in total. The van der Waals surface area contributed by atoms with Gasteiger partial charge in [0.15, 0.2) is 5.82 Å². The summed E-state index contributed by atoms with van der Waals surface area (Å²) in [6, 6.07) is 5.05. The minimum absolute atomic E-state index is 0.251. The molecule has 1 aromatic carbocycles. The molecule has 0 aliphatic heterocycles. The number of carboxylic acids is 1. The van der Waals surface area contributed by atoms with E-state index in [9.17, 15) is 4.79 Å². The third kappa shape index (κ3) is 3.82. The molecule has 1 heterocycles. The molecule has 2 rings (SSSR count). The lowest BCUT2D eigenvalue weighted by Crippen LogP contribution is -2.04. The summed E-state index contributed by atoms with van der Waals surface area (Å²) >= 11 is 6.11. The standard InChI is InChI=1S/C14H14ClN3O3/c1-9-16-17-13(18(9)2)8-21-12-5-3-10(7-11(12)15)4-6-14(19)20/h3-7H,8H2,1-2H3,(H,19,20). The number of aromatic nitrogens is 3. The Morgan fingerprint density at radius 2 is 2.24 bits per heavy atom. The van der Waals surface area contributed by atoms with Crippen molar-refractivity contribution in [2.75, 3.05) is 0 Å². The zero-order valence-corrected chi connectivity index (χ0v) is 12.3. The molecule has 1 aromatic heterocycles. The molecule has 0 aliphatic carbocycles. The van der Waals surface area contributed by atoms with Crippen LogP contribution in [-0.2, 0) is 18.4 Å². The van der Waals surface area contributed by atoms with Gasteiger partial charge in [-0.2, -0.15) is 0 Å². The van der Waals surface area contributed by atoms with Crippen molar-refractivity contribution in [2.45, 2.75) is 13.5 Å². The molecule has 0 spiro atoms. The topological polar surface area (TPSA) is 77.2 Å². The van der Waals surface area contributed by atoms with Crippen LogP contribution in [0.3, 0.4) is 0 Å². The van der Waals surface area contributed by atoms with E-state index in [1.54, 1.807) is 18.2 Å². The maximum atomic E-state index is 10.5. The molecule has 0 atom stereocenters. The molecule has 0 aliphatic rings. The molecule has 0 saturated heterocycles.